The molecule has 2 aromatic carbocycles. The molecule has 0 saturated heterocycles. The SMILES string of the molecule is CC1=CC[C-]=C1.CPPC.F.F.[Hf].c1ccc2[cH-]ccc2c1. The standard InChI is InChI=1S/C9H7.C6H7.C2H8P2.2FH.Hf/c1-2-5-9-7-3-6-8(9)4-1;1-6-4-2-3-5-6;1-3-4-2;;;/h1-7H;4-5H,2H2,1H3;3-4H,1-2H3;2*1H;/q2*-1;;;;. The van der Waals surface area contributed by atoms with E-state index in [1.165, 1.54) is 32.9 Å². The first-order chi connectivity index (χ1) is 9.27. The van der Waals surface area contributed by atoms with Gasteiger partial charge in [0.05, 0.1) is 0 Å². The van der Waals surface area contributed by atoms with Crippen LogP contribution in [-0.2, 0) is 25.8 Å². The van der Waals surface area contributed by atoms with Crippen LogP contribution >= 0.6 is 16.5 Å². The summed E-state index contributed by atoms with van der Waals surface area (Å²) >= 11 is 0. The van der Waals surface area contributed by atoms with E-state index in [0.29, 0.717) is 0 Å². The molecular formula is C17H24F2HfP2-2. The summed E-state index contributed by atoms with van der Waals surface area (Å²) in [6, 6.07) is 14.7. The van der Waals surface area contributed by atoms with Crippen molar-refractivity contribution in [2.24, 2.45) is 0 Å². The molecule has 0 amide bonds. The van der Waals surface area contributed by atoms with Crippen LogP contribution < -0.4 is 0 Å². The first-order valence-electron chi connectivity index (χ1n) is 6.45. The Morgan fingerprint density at radius 3 is 2.09 bits per heavy atom. The molecule has 0 aromatic heterocycles. The number of fused-ring (bicyclic) bond motifs is 1. The molecule has 1 aliphatic rings. The van der Waals surface area contributed by atoms with Crippen LogP contribution in [0.2, 0.25) is 0 Å². The molecule has 2 unspecified atom stereocenters. The van der Waals surface area contributed by atoms with Gasteiger partial charge < -0.3 is 0 Å². The van der Waals surface area contributed by atoms with Crippen molar-refractivity contribution in [1.82, 2.24) is 0 Å². The first-order valence-corrected chi connectivity index (χ1v) is 10.4. The predicted octanol–water partition coefficient (Wildman–Crippen LogP) is 6.07. The Morgan fingerprint density at radius 1 is 1.05 bits per heavy atom. The van der Waals surface area contributed by atoms with Crippen molar-refractivity contribution in [2.45, 2.75) is 13.3 Å². The van der Waals surface area contributed by atoms with E-state index in [1.54, 1.807) is 0 Å². The molecule has 5 heteroatoms. The zero-order valence-electron chi connectivity index (χ0n) is 13.2. The molecule has 2 atom stereocenters. The summed E-state index contributed by atoms with van der Waals surface area (Å²) in [7, 11) is 2.34. The molecule has 2 aromatic rings. The second-order valence-corrected chi connectivity index (χ2v) is 8.16. The summed E-state index contributed by atoms with van der Waals surface area (Å²) in [5, 5.41) is 2.66. The number of halogens is 2. The molecule has 0 nitrogen and oxygen atoms in total. The smallest absolute Gasteiger partial charge is 0 e. The number of allylic oxidation sites excluding steroid dienone is 4. The molecule has 22 heavy (non-hydrogen) atoms. The minimum atomic E-state index is 0. The van der Waals surface area contributed by atoms with Gasteiger partial charge in [-0.1, -0.05) is 6.07 Å². The first kappa shape index (κ1) is 26.8. The van der Waals surface area contributed by atoms with Crippen molar-refractivity contribution in [3.05, 3.63) is 66.3 Å². The van der Waals surface area contributed by atoms with Crippen molar-refractivity contribution in [3.63, 3.8) is 0 Å². The third kappa shape index (κ3) is 11.5. The fourth-order valence-electron chi connectivity index (χ4n) is 1.57. The predicted molar refractivity (Wildman–Crippen MR) is 99.2 cm³/mol. The fraction of sp³-hybridized carbons (Fsp3) is 0.235. The maximum absolute atomic E-state index is 3.05. The molecule has 0 bridgehead atoms. The summed E-state index contributed by atoms with van der Waals surface area (Å²) in [6.07, 6.45) is 8.24. The maximum atomic E-state index is 3.05. The summed E-state index contributed by atoms with van der Waals surface area (Å²) in [4.78, 5) is 0. The molecule has 122 valence electrons. The van der Waals surface area contributed by atoms with Gasteiger partial charge >= 0.3 is 0 Å². The largest absolute Gasteiger partial charge is 0.273 e. The topological polar surface area (TPSA) is 0 Å². The quantitative estimate of drug-likeness (QED) is 0.250. The average Bonchev–Trinajstić information content (AvgIpc) is 3.10. The molecule has 0 saturated carbocycles. The van der Waals surface area contributed by atoms with Crippen LogP contribution in [0.5, 0.6) is 0 Å². The fourth-order valence-corrected chi connectivity index (χ4v) is 1.57. The summed E-state index contributed by atoms with van der Waals surface area (Å²) in [6.45, 7) is 6.52. The van der Waals surface area contributed by atoms with Crippen molar-refractivity contribution in [3.8, 4) is 0 Å². The third-order valence-electron chi connectivity index (χ3n) is 2.67. The van der Waals surface area contributed by atoms with Gasteiger partial charge in [0.25, 0.3) is 0 Å². The van der Waals surface area contributed by atoms with Crippen molar-refractivity contribution in [1.29, 1.82) is 0 Å². The molecular weight excluding hydrogens is 483 g/mol. The Kier molecular flexibility index (Phi) is 21.0. The Balaban J connectivity index is -0.000000249. The molecule has 0 aliphatic heterocycles. The van der Waals surface area contributed by atoms with Crippen LogP contribution in [0.25, 0.3) is 10.8 Å². The van der Waals surface area contributed by atoms with Gasteiger partial charge in [-0.15, -0.1) is 59.5 Å². The van der Waals surface area contributed by atoms with Crippen molar-refractivity contribution >= 4 is 27.3 Å². The maximum Gasteiger partial charge on any atom is 0 e. The molecule has 0 heterocycles. The van der Waals surface area contributed by atoms with Crippen LogP contribution in [0, 0.1) is 6.08 Å². The Labute approximate surface area is 155 Å². The Bertz CT molecular complexity index is 501. The monoisotopic (exact) mass is 508 g/mol. The van der Waals surface area contributed by atoms with E-state index in [0.717, 1.165) is 6.42 Å². The van der Waals surface area contributed by atoms with E-state index in [4.69, 9.17) is 0 Å². The van der Waals surface area contributed by atoms with Gasteiger partial charge in [-0.2, -0.15) is 23.6 Å². The minimum absolute atomic E-state index is 0. The Morgan fingerprint density at radius 2 is 1.68 bits per heavy atom. The summed E-state index contributed by atoms with van der Waals surface area (Å²) in [5.41, 5.74) is 1.34. The zero-order valence-corrected chi connectivity index (χ0v) is 18.8. The second kappa shape index (κ2) is 17.3. The van der Waals surface area contributed by atoms with Gasteiger partial charge in [0.2, 0.25) is 0 Å². The van der Waals surface area contributed by atoms with Gasteiger partial charge in [0.1, 0.15) is 0 Å². The van der Waals surface area contributed by atoms with E-state index in [1.807, 2.05) is 6.08 Å². The number of hydrogen-bond donors (Lipinski definition) is 0. The third-order valence-corrected chi connectivity index (χ3v) is 4.67. The van der Waals surface area contributed by atoms with Crippen LogP contribution in [-0.4, -0.2) is 13.3 Å². The summed E-state index contributed by atoms with van der Waals surface area (Å²) < 4.78 is 0. The van der Waals surface area contributed by atoms with Gasteiger partial charge in [-0.05, 0) is 13.3 Å². The van der Waals surface area contributed by atoms with Gasteiger partial charge in [-0.3, -0.25) is 15.5 Å². The zero-order chi connectivity index (χ0) is 13.9. The van der Waals surface area contributed by atoms with Crippen LogP contribution in [0.1, 0.15) is 13.3 Å². The van der Waals surface area contributed by atoms with Gasteiger partial charge in [-0.25, -0.2) is 11.6 Å². The van der Waals surface area contributed by atoms with Crippen LogP contribution in [0.15, 0.2) is 60.2 Å². The number of rotatable bonds is 1. The Hall–Kier alpha value is -0.0999. The summed E-state index contributed by atoms with van der Waals surface area (Å²) in [5.74, 6) is 0. The number of benzene rings is 1. The molecule has 0 spiro atoms. The van der Waals surface area contributed by atoms with Crippen LogP contribution in [0.3, 0.4) is 0 Å². The molecule has 0 N–H and O–H groups in total. The number of hydrogen-bond acceptors (Lipinski definition) is 0. The minimum Gasteiger partial charge on any atom is -0.273 e. The van der Waals surface area contributed by atoms with Gasteiger partial charge in [0, 0.05) is 25.8 Å². The van der Waals surface area contributed by atoms with E-state index in [9.17, 15) is 0 Å². The van der Waals surface area contributed by atoms with E-state index in [-0.39, 0.29) is 35.3 Å². The van der Waals surface area contributed by atoms with E-state index in [2.05, 4.69) is 74.9 Å². The second-order valence-electron chi connectivity index (χ2n) is 4.16. The normalized spacial score (nSPS) is 11.7. The van der Waals surface area contributed by atoms with E-state index >= 15 is 0 Å². The van der Waals surface area contributed by atoms with Crippen molar-refractivity contribution < 1.29 is 35.3 Å². The molecule has 3 rings (SSSR count). The van der Waals surface area contributed by atoms with E-state index < -0.39 is 0 Å². The average molecular weight is 507 g/mol. The van der Waals surface area contributed by atoms with Gasteiger partial charge in [0.15, 0.2) is 0 Å². The van der Waals surface area contributed by atoms with Crippen LogP contribution in [0.4, 0.5) is 9.41 Å². The molecule has 1 aliphatic carbocycles. The van der Waals surface area contributed by atoms with Crippen molar-refractivity contribution in [2.75, 3.05) is 13.3 Å². The molecule has 0 radical (unpaired) electrons. The molecule has 0 fully saturated rings.